The van der Waals surface area contributed by atoms with Crippen molar-refractivity contribution in [1.29, 1.82) is 0 Å². The highest BCUT2D eigenvalue weighted by atomic mass is 35.5. The number of rotatable bonds is 1. The van der Waals surface area contributed by atoms with E-state index in [4.69, 9.17) is 11.6 Å². The van der Waals surface area contributed by atoms with E-state index in [2.05, 4.69) is 0 Å². The van der Waals surface area contributed by atoms with Gasteiger partial charge in [-0.3, -0.25) is 9.59 Å². The molecule has 96 valence electrons. The molecule has 0 unspecified atom stereocenters. The summed E-state index contributed by atoms with van der Waals surface area (Å²) in [6.07, 6.45) is 0.446. The Labute approximate surface area is 110 Å². The Bertz CT molecular complexity index is 508. The summed E-state index contributed by atoms with van der Waals surface area (Å²) in [4.78, 5) is 24.8. The quantitative estimate of drug-likeness (QED) is 0.735. The van der Waals surface area contributed by atoms with Gasteiger partial charge in [-0.1, -0.05) is 25.4 Å². The molecule has 1 heterocycles. The predicted octanol–water partition coefficient (Wildman–Crippen LogP) is 3.16. The summed E-state index contributed by atoms with van der Waals surface area (Å²) < 4.78 is 13.7. The number of amides is 2. The fourth-order valence-corrected chi connectivity index (χ4v) is 2.27. The molecule has 0 saturated carbocycles. The van der Waals surface area contributed by atoms with Crippen LogP contribution in [-0.2, 0) is 9.59 Å². The van der Waals surface area contributed by atoms with Crippen LogP contribution in [0.25, 0.3) is 0 Å². The van der Waals surface area contributed by atoms with Crippen molar-refractivity contribution >= 4 is 29.1 Å². The third kappa shape index (κ3) is 2.38. The Kier molecular flexibility index (Phi) is 3.15. The highest BCUT2D eigenvalue weighted by Gasteiger charge is 2.39. The first kappa shape index (κ1) is 13.0. The number of halogens is 2. The molecular weight excluding hydrogens is 257 g/mol. The molecule has 1 aliphatic rings. The van der Waals surface area contributed by atoms with Crippen LogP contribution in [0, 0.1) is 11.2 Å². The van der Waals surface area contributed by atoms with Crippen molar-refractivity contribution in [3.8, 4) is 0 Å². The van der Waals surface area contributed by atoms with Gasteiger partial charge in [0.25, 0.3) is 0 Å². The summed E-state index contributed by atoms with van der Waals surface area (Å²) >= 11 is 5.65. The minimum atomic E-state index is -0.663. The van der Waals surface area contributed by atoms with Crippen LogP contribution in [0.2, 0.25) is 5.02 Å². The van der Waals surface area contributed by atoms with Crippen molar-refractivity contribution in [3.63, 3.8) is 0 Å². The Morgan fingerprint density at radius 2 is 1.78 bits per heavy atom. The minimum absolute atomic E-state index is 0.0232. The summed E-state index contributed by atoms with van der Waals surface area (Å²) in [7, 11) is 0. The van der Waals surface area contributed by atoms with Gasteiger partial charge in [-0.15, -0.1) is 0 Å². The van der Waals surface area contributed by atoms with Crippen LogP contribution < -0.4 is 4.90 Å². The zero-order valence-electron chi connectivity index (χ0n) is 10.2. The topological polar surface area (TPSA) is 37.4 Å². The van der Waals surface area contributed by atoms with E-state index in [0.29, 0.717) is 0 Å². The molecule has 0 N–H and O–H groups in total. The first-order chi connectivity index (χ1) is 8.30. The van der Waals surface area contributed by atoms with E-state index in [1.165, 1.54) is 12.1 Å². The van der Waals surface area contributed by atoms with Gasteiger partial charge in [-0.25, -0.2) is 9.29 Å². The second-order valence-corrected chi connectivity index (χ2v) is 5.67. The number of hydrogen-bond acceptors (Lipinski definition) is 2. The zero-order valence-corrected chi connectivity index (χ0v) is 10.9. The summed E-state index contributed by atoms with van der Waals surface area (Å²) in [5, 5.41) is 0.230. The molecule has 0 aliphatic carbocycles. The van der Waals surface area contributed by atoms with E-state index in [9.17, 15) is 14.0 Å². The van der Waals surface area contributed by atoms with Gasteiger partial charge in [0.15, 0.2) is 0 Å². The predicted molar refractivity (Wildman–Crippen MR) is 66.9 cm³/mol. The van der Waals surface area contributed by atoms with Crippen molar-refractivity contribution in [3.05, 3.63) is 29.0 Å². The molecule has 2 amide bonds. The first-order valence-electron chi connectivity index (χ1n) is 5.61. The lowest BCUT2D eigenvalue weighted by Gasteiger charge is -2.34. The second kappa shape index (κ2) is 4.35. The van der Waals surface area contributed by atoms with E-state index in [0.717, 1.165) is 11.0 Å². The number of carbonyl (C=O) groups is 2. The Morgan fingerprint density at radius 3 is 2.28 bits per heavy atom. The highest BCUT2D eigenvalue weighted by Crippen LogP contribution is 2.35. The number of carbonyl (C=O) groups excluding carboxylic acids is 2. The molecule has 1 aromatic carbocycles. The molecule has 2 rings (SSSR count). The third-order valence-electron chi connectivity index (χ3n) is 2.91. The molecule has 1 aliphatic heterocycles. The molecule has 0 bridgehead atoms. The SMILES string of the molecule is CC1(C)CC(=O)N(c2ccc(Cl)cc2F)C(=O)C1. The molecule has 1 aromatic rings. The number of benzene rings is 1. The number of nitrogens with zero attached hydrogens (tertiary/aromatic N) is 1. The van der Waals surface area contributed by atoms with E-state index >= 15 is 0 Å². The molecule has 0 atom stereocenters. The van der Waals surface area contributed by atoms with Crippen LogP contribution >= 0.6 is 11.6 Å². The van der Waals surface area contributed by atoms with Crippen molar-refractivity contribution < 1.29 is 14.0 Å². The normalized spacial score (nSPS) is 19.2. The van der Waals surface area contributed by atoms with Crippen LogP contribution in [0.15, 0.2) is 18.2 Å². The molecule has 3 nitrogen and oxygen atoms in total. The summed E-state index contributed by atoms with van der Waals surface area (Å²) in [5.41, 5.74) is -0.391. The molecule has 1 saturated heterocycles. The maximum absolute atomic E-state index is 13.7. The van der Waals surface area contributed by atoms with Gasteiger partial charge in [0, 0.05) is 17.9 Å². The zero-order chi connectivity index (χ0) is 13.5. The average Bonchev–Trinajstić information content (AvgIpc) is 2.18. The van der Waals surface area contributed by atoms with Gasteiger partial charge in [0.1, 0.15) is 5.82 Å². The monoisotopic (exact) mass is 269 g/mol. The van der Waals surface area contributed by atoms with E-state index in [-0.39, 0.29) is 40.8 Å². The van der Waals surface area contributed by atoms with Crippen LogP contribution in [0.3, 0.4) is 0 Å². The lowest BCUT2D eigenvalue weighted by atomic mass is 9.81. The Morgan fingerprint density at radius 1 is 1.22 bits per heavy atom. The van der Waals surface area contributed by atoms with Crippen LogP contribution in [0.5, 0.6) is 0 Å². The van der Waals surface area contributed by atoms with E-state index in [1.807, 2.05) is 13.8 Å². The Hall–Kier alpha value is -1.42. The maximum Gasteiger partial charge on any atom is 0.234 e. The van der Waals surface area contributed by atoms with E-state index in [1.54, 1.807) is 0 Å². The number of piperidine rings is 1. The number of hydrogen-bond donors (Lipinski definition) is 0. The third-order valence-corrected chi connectivity index (χ3v) is 3.14. The largest absolute Gasteiger partial charge is 0.274 e. The van der Waals surface area contributed by atoms with Gasteiger partial charge in [-0.2, -0.15) is 0 Å². The second-order valence-electron chi connectivity index (χ2n) is 5.24. The van der Waals surface area contributed by atoms with Gasteiger partial charge in [0.05, 0.1) is 5.69 Å². The van der Waals surface area contributed by atoms with Crippen molar-refractivity contribution in [2.45, 2.75) is 26.7 Å². The van der Waals surface area contributed by atoms with Crippen molar-refractivity contribution in [2.24, 2.45) is 5.41 Å². The number of anilines is 1. The molecule has 1 fully saturated rings. The van der Waals surface area contributed by atoms with Gasteiger partial charge in [-0.05, 0) is 23.6 Å². The van der Waals surface area contributed by atoms with Gasteiger partial charge >= 0.3 is 0 Å². The molecular formula is C13H13ClFNO2. The number of imide groups is 1. The summed E-state index contributed by atoms with van der Waals surface area (Å²) in [6.45, 7) is 3.69. The molecule has 18 heavy (non-hydrogen) atoms. The lowest BCUT2D eigenvalue weighted by Crippen LogP contribution is -2.46. The van der Waals surface area contributed by atoms with Gasteiger partial charge < -0.3 is 0 Å². The van der Waals surface area contributed by atoms with Crippen LogP contribution in [-0.4, -0.2) is 11.8 Å². The highest BCUT2D eigenvalue weighted by molar-refractivity contribution is 6.30. The Balaban J connectivity index is 2.39. The molecule has 0 spiro atoms. The van der Waals surface area contributed by atoms with Crippen molar-refractivity contribution in [2.75, 3.05) is 4.90 Å². The summed E-state index contributed by atoms with van der Waals surface area (Å²) in [5.74, 6) is -1.42. The standard InChI is InChI=1S/C13H13ClFNO2/c1-13(2)6-11(17)16(12(18)7-13)10-4-3-8(14)5-9(10)15/h3-5H,6-7H2,1-2H3. The fourth-order valence-electron chi connectivity index (χ4n) is 2.11. The lowest BCUT2D eigenvalue weighted by molar-refractivity contribution is -0.132. The van der Waals surface area contributed by atoms with E-state index < -0.39 is 5.82 Å². The van der Waals surface area contributed by atoms with Crippen LogP contribution in [0.1, 0.15) is 26.7 Å². The van der Waals surface area contributed by atoms with Gasteiger partial charge in [0.2, 0.25) is 11.8 Å². The van der Waals surface area contributed by atoms with Crippen molar-refractivity contribution in [1.82, 2.24) is 0 Å². The molecule has 5 heteroatoms. The molecule has 0 aromatic heterocycles. The van der Waals surface area contributed by atoms with Crippen LogP contribution in [0.4, 0.5) is 10.1 Å². The fraction of sp³-hybridized carbons (Fsp3) is 0.385. The molecule has 0 radical (unpaired) electrons. The average molecular weight is 270 g/mol. The maximum atomic E-state index is 13.7. The smallest absolute Gasteiger partial charge is 0.234 e. The first-order valence-corrected chi connectivity index (χ1v) is 5.99. The summed E-state index contributed by atoms with van der Waals surface area (Å²) in [6, 6.07) is 3.91. The minimum Gasteiger partial charge on any atom is -0.274 e.